The highest BCUT2D eigenvalue weighted by molar-refractivity contribution is 5.60. The number of hydrogen-bond donors (Lipinski definition) is 2. The zero-order chi connectivity index (χ0) is 15.6. The maximum atomic E-state index is 13.4. The van der Waals surface area contributed by atoms with Crippen LogP contribution in [0.4, 0.5) is 21.7 Å². The highest BCUT2D eigenvalue weighted by Crippen LogP contribution is 2.26. The maximum Gasteiger partial charge on any atom is 0.165 e. The first-order valence-corrected chi connectivity index (χ1v) is 6.55. The van der Waals surface area contributed by atoms with Crippen molar-refractivity contribution in [1.82, 2.24) is 9.97 Å². The number of methoxy groups -OCH3 is 1. The first-order valence-electron chi connectivity index (χ1n) is 6.55. The number of ether oxygens (including phenoxy) is 1. The molecule has 0 unspecified atom stereocenters. The zero-order valence-corrected chi connectivity index (χ0v) is 12.6. The lowest BCUT2D eigenvalue weighted by molar-refractivity contribution is 0.387. The average Bonchev–Trinajstić information content (AvgIpc) is 2.39. The summed E-state index contributed by atoms with van der Waals surface area (Å²) in [4.78, 5) is 8.68. The molecule has 21 heavy (non-hydrogen) atoms. The van der Waals surface area contributed by atoms with Crippen LogP contribution in [-0.2, 0) is 5.41 Å². The molecule has 0 fully saturated rings. The minimum Gasteiger partial charge on any atom is -0.494 e. The van der Waals surface area contributed by atoms with E-state index in [-0.39, 0.29) is 11.2 Å². The summed E-state index contributed by atoms with van der Waals surface area (Å²) < 4.78 is 18.3. The lowest BCUT2D eigenvalue weighted by atomic mass is 9.96. The molecule has 3 N–H and O–H groups in total. The van der Waals surface area contributed by atoms with Gasteiger partial charge in [-0.3, -0.25) is 0 Å². The Labute approximate surface area is 123 Å². The fourth-order valence-electron chi connectivity index (χ4n) is 1.75. The van der Waals surface area contributed by atoms with Gasteiger partial charge in [-0.15, -0.1) is 0 Å². The molecule has 0 saturated carbocycles. The number of aromatic nitrogens is 2. The third-order valence-electron chi connectivity index (χ3n) is 2.84. The Balaban J connectivity index is 2.33. The molecule has 0 aliphatic heterocycles. The van der Waals surface area contributed by atoms with Crippen LogP contribution >= 0.6 is 0 Å². The molecular weight excluding hydrogens is 271 g/mol. The molecule has 1 aromatic heterocycles. The van der Waals surface area contributed by atoms with Crippen LogP contribution in [0.2, 0.25) is 0 Å². The van der Waals surface area contributed by atoms with E-state index < -0.39 is 5.82 Å². The molecule has 0 aliphatic carbocycles. The lowest BCUT2D eigenvalue weighted by Crippen LogP contribution is -2.17. The Kier molecular flexibility index (Phi) is 3.97. The molecule has 2 rings (SSSR count). The van der Waals surface area contributed by atoms with Crippen molar-refractivity contribution >= 4 is 17.3 Å². The molecule has 1 heterocycles. The topological polar surface area (TPSA) is 73.1 Å². The summed E-state index contributed by atoms with van der Waals surface area (Å²) in [5.74, 6) is 1.32. The van der Waals surface area contributed by atoms with E-state index in [2.05, 4.69) is 15.3 Å². The predicted octanol–water partition coefficient (Wildman–Crippen LogP) is 3.25. The monoisotopic (exact) mass is 290 g/mol. The first kappa shape index (κ1) is 15.0. The predicted molar refractivity (Wildman–Crippen MR) is 81.4 cm³/mol. The molecule has 5 nitrogen and oxygen atoms in total. The number of nitrogens with one attached hydrogen (secondary N) is 1. The van der Waals surface area contributed by atoms with Gasteiger partial charge in [-0.05, 0) is 12.1 Å². The Morgan fingerprint density at radius 3 is 2.52 bits per heavy atom. The van der Waals surface area contributed by atoms with Crippen molar-refractivity contribution in [1.29, 1.82) is 0 Å². The van der Waals surface area contributed by atoms with Crippen molar-refractivity contribution in [2.75, 3.05) is 18.2 Å². The third-order valence-corrected chi connectivity index (χ3v) is 2.84. The van der Waals surface area contributed by atoms with Crippen LogP contribution < -0.4 is 15.8 Å². The second-order valence-corrected chi connectivity index (χ2v) is 5.73. The molecule has 0 bridgehead atoms. The molecule has 0 amide bonds. The van der Waals surface area contributed by atoms with Gasteiger partial charge >= 0.3 is 0 Å². The number of nitrogens with zero attached hydrogens (tertiary/aromatic N) is 2. The van der Waals surface area contributed by atoms with E-state index in [0.29, 0.717) is 23.1 Å². The molecule has 6 heteroatoms. The fraction of sp³-hybridized carbons (Fsp3) is 0.333. The number of anilines is 3. The fourth-order valence-corrected chi connectivity index (χ4v) is 1.75. The normalized spacial score (nSPS) is 11.3. The van der Waals surface area contributed by atoms with Gasteiger partial charge in [0.25, 0.3) is 0 Å². The van der Waals surface area contributed by atoms with Crippen molar-refractivity contribution in [3.8, 4) is 5.75 Å². The van der Waals surface area contributed by atoms with Gasteiger partial charge in [0.05, 0.1) is 7.11 Å². The molecule has 0 radical (unpaired) electrons. The third kappa shape index (κ3) is 3.59. The largest absolute Gasteiger partial charge is 0.494 e. The van der Waals surface area contributed by atoms with Gasteiger partial charge < -0.3 is 15.8 Å². The number of nitrogens with two attached hydrogens (primary N) is 1. The van der Waals surface area contributed by atoms with Crippen LogP contribution in [0.15, 0.2) is 24.3 Å². The van der Waals surface area contributed by atoms with E-state index >= 15 is 0 Å². The summed E-state index contributed by atoms with van der Waals surface area (Å²) in [6.07, 6.45) is 0. The number of rotatable bonds is 3. The summed E-state index contributed by atoms with van der Waals surface area (Å²) in [6.45, 7) is 6.02. The van der Waals surface area contributed by atoms with Gasteiger partial charge in [-0.1, -0.05) is 20.8 Å². The Hall–Kier alpha value is -2.37. The minimum absolute atomic E-state index is 0.165. The van der Waals surface area contributed by atoms with Crippen LogP contribution in [-0.4, -0.2) is 17.1 Å². The summed E-state index contributed by atoms with van der Waals surface area (Å²) >= 11 is 0. The van der Waals surface area contributed by atoms with Gasteiger partial charge in [0, 0.05) is 23.2 Å². The molecule has 0 spiro atoms. The highest BCUT2D eigenvalue weighted by atomic mass is 19.1. The van der Waals surface area contributed by atoms with Crippen LogP contribution in [0.25, 0.3) is 0 Å². The van der Waals surface area contributed by atoms with E-state index in [4.69, 9.17) is 10.5 Å². The SMILES string of the molecule is COc1cc(Nc2cc(N)nc(C(C)(C)C)n2)ccc1F. The lowest BCUT2D eigenvalue weighted by Gasteiger charge is -2.18. The van der Waals surface area contributed by atoms with Crippen molar-refractivity contribution in [3.05, 3.63) is 35.9 Å². The van der Waals surface area contributed by atoms with Crippen molar-refractivity contribution in [2.24, 2.45) is 0 Å². The first-order chi connectivity index (χ1) is 9.79. The van der Waals surface area contributed by atoms with E-state index in [9.17, 15) is 4.39 Å². The van der Waals surface area contributed by atoms with E-state index in [0.717, 1.165) is 0 Å². The smallest absolute Gasteiger partial charge is 0.165 e. The molecule has 2 aromatic rings. The standard InChI is InChI=1S/C15H19FN4O/c1-15(2,3)14-19-12(17)8-13(20-14)18-9-5-6-10(16)11(7-9)21-4/h5-8H,1-4H3,(H3,17,18,19,20). The number of hydrogen-bond acceptors (Lipinski definition) is 5. The van der Waals surface area contributed by atoms with E-state index in [1.54, 1.807) is 18.2 Å². The molecule has 1 aromatic carbocycles. The summed E-state index contributed by atoms with van der Waals surface area (Å²) in [7, 11) is 1.42. The summed E-state index contributed by atoms with van der Waals surface area (Å²) in [5, 5.41) is 3.08. The maximum absolute atomic E-state index is 13.4. The van der Waals surface area contributed by atoms with E-state index in [1.807, 2.05) is 20.8 Å². The van der Waals surface area contributed by atoms with Crippen LogP contribution in [0.5, 0.6) is 5.75 Å². The minimum atomic E-state index is -0.416. The van der Waals surface area contributed by atoms with Gasteiger partial charge in [-0.25, -0.2) is 14.4 Å². The molecule has 0 saturated heterocycles. The Morgan fingerprint density at radius 1 is 1.19 bits per heavy atom. The zero-order valence-electron chi connectivity index (χ0n) is 12.6. The van der Waals surface area contributed by atoms with Crippen molar-refractivity contribution in [3.63, 3.8) is 0 Å². The Bertz CT molecular complexity index is 653. The van der Waals surface area contributed by atoms with Crippen LogP contribution in [0.3, 0.4) is 0 Å². The van der Waals surface area contributed by atoms with Gasteiger partial charge in [0.1, 0.15) is 17.5 Å². The second kappa shape index (κ2) is 5.55. The van der Waals surface area contributed by atoms with Crippen LogP contribution in [0.1, 0.15) is 26.6 Å². The molecule has 0 atom stereocenters. The van der Waals surface area contributed by atoms with Crippen molar-refractivity contribution < 1.29 is 9.13 Å². The number of benzene rings is 1. The summed E-state index contributed by atoms with van der Waals surface area (Å²) in [6, 6.07) is 6.12. The summed E-state index contributed by atoms with van der Waals surface area (Å²) in [5.41, 5.74) is 6.26. The second-order valence-electron chi connectivity index (χ2n) is 5.73. The number of nitrogen functional groups attached to an aromatic ring is 1. The van der Waals surface area contributed by atoms with Crippen LogP contribution in [0, 0.1) is 5.82 Å². The molecule has 0 aliphatic rings. The van der Waals surface area contributed by atoms with Gasteiger partial charge in [-0.2, -0.15) is 0 Å². The molecular formula is C15H19FN4O. The number of halogens is 1. The van der Waals surface area contributed by atoms with Crippen molar-refractivity contribution in [2.45, 2.75) is 26.2 Å². The van der Waals surface area contributed by atoms with E-state index in [1.165, 1.54) is 13.2 Å². The highest BCUT2D eigenvalue weighted by Gasteiger charge is 2.18. The van der Waals surface area contributed by atoms with Gasteiger partial charge in [0.2, 0.25) is 0 Å². The average molecular weight is 290 g/mol. The Morgan fingerprint density at radius 2 is 1.90 bits per heavy atom. The molecule has 112 valence electrons. The quantitative estimate of drug-likeness (QED) is 0.907. The van der Waals surface area contributed by atoms with Gasteiger partial charge in [0.15, 0.2) is 11.6 Å².